The van der Waals surface area contributed by atoms with Crippen molar-refractivity contribution >= 4 is 11.9 Å². The second-order valence-electron chi connectivity index (χ2n) is 5.79. The number of unbranched alkanes of at least 4 members (excludes halogenated alkanes) is 4. The van der Waals surface area contributed by atoms with Crippen LogP contribution in [-0.2, 0) is 22.3 Å². The van der Waals surface area contributed by atoms with Gasteiger partial charge < -0.3 is 14.6 Å². The van der Waals surface area contributed by atoms with Gasteiger partial charge in [0.05, 0.1) is 19.8 Å². The van der Waals surface area contributed by atoms with Crippen LogP contribution in [0.5, 0.6) is 5.75 Å². The third-order valence-electron chi connectivity index (χ3n) is 4.18. The third kappa shape index (κ3) is 4.73. The molecule has 1 N–H and O–H groups in total. The maximum absolute atomic E-state index is 12.1. The first-order chi connectivity index (χ1) is 11.5. The predicted molar refractivity (Wildman–Crippen MR) is 92.6 cm³/mol. The van der Waals surface area contributed by atoms with Gasteiger partial charge in [0, 0.05) is 0 Å². The molecule has 5 nitrogen and oxygen atoms in total. The molecule has 0 aliphatic rings. The first-order valence-corrected chi connectivity index (χ1v) is 8.56. The summed E-state index contributed by atoms with van der Waals surface area (Å²) in [6.07, 6.45) is 6.44. The Hall–Kier alpha value is -2.04. The molecule has 24 heavy (non-hydrogen) atoms. The second-order valence-corrected chi connectivity index (χ2v) is 5.79. The SMILES string of the molecule is CCCCCCCc1cc(C(=O)OC)c(CC)c(C(=O)OC)c1O. The summed E-state index contributed by atoms with van der Waals surface area (Å²) in [6.45, 7) is 3.97. The van der Waals surface area contributed by atoms with Crippen molar-refractivity contribution < 1.29 is 24.2 Å². The van der Waals surface area contributed by atoms with Gasteiger partial charge in [0.1, 0.15) is 11.3 Å². The van der Waals surface area contributed by atoms with E-state index in [4.69, 9.17) is 9.47 Å². The quantitative estimate of drug-likeness (QED) is 0.544. The number of benzene rings is 1. The van der Waals surface area contributed by atoms with Crippen LogP contribution in [0.15, 0.2) is 6.07 Å². The Labute approximate surface area is 144 Å². The summed E-state index contributed by atoms with van der Waals surface area (Å²) in [7, 11) is 2.56. The van der Waals surface area contributed by atoms with Crippen LogP contribution in [0.4, 0.5) is 0 Å². The Morgan fingerprint density at radius 1 is 1.00 bits per heavy atom. The maximum atomic E-state index is 12.1. The van der Waals surface area contributed by atoms with Gasteiger partial charge >= 0.3 is 11.9 Å². The number of carbonyl (C=O) groups is 2. The molecule has 0 atom stereocenters. The molecule has 134 valence electrons. The van der Waals surface area contributed by atoms with E-state index in [0.29, 0.717) is 29.5 Å². The number of aryl methyl sites for hydroxylation is 1. The molecule has 0 unspecified atom stereocenters. The van der Waals surface area contributed by atoms with Crippen molar-refractivity contribution in [3.05, 3.63) is 28.3 Å². The van der Waals surface area contributed by atoms with Gasteiger partial charge in [0.15, 0.2) is 0 Å². The normalized spacial score (nSPS) is 10.5. The number of hydrogen-bond acceptors (Lipinski definition) is 5. The first kappa shape index (κ1) is 20.0. The van der Waals surface area contributed by atoms with Crippen molar-refractivity contribution in [1.29, 1.82) is 0 Å². The molecule has 0 amide bonds. The highest BCUT2D eigenvalue weighted by molar-refractivity contribution is 6.00. The third-order valence-corrected chi connectivity index (χ3v) is 4.18. The van der Waals surface area contributed by atoms with Crippen LogP contribution in [0.25, 0.3) is 0 Å². The van der Waals surface area contributed by atoms with Gasteiger partial charge in [-0.1, -0.05) is 39.5 Å². The monoisotopic (exact) mass is 336 g/mol. The van der Waals surface area contributed by atoms with Crippen LogP contribution >= 0.6 is 0 Å². The highest BCUT2D eigenvalue weighted by Crippen LogP contribution is 2.32. The molecule has 5 heteroatoms. The summed E-state index contributed by atoms with van der Waals surface area (Å²) < 4.78 is 9.62. The van der Waals surface area contributed by atoms with Crippen molar-refractivity contribution in [3.8, 4) is 5.75 Å². The minimum absolute atomic E-state index is 0.0754. The molecule has 1 aromatic rings. The molecule has 0 aliphatic carbocycles. The maximum Gasteiger partial charge on any atom is 0.341 e. The lowest BCUT2D eigenvalue weighted by Crippen LogP contribution is -2.14. The van der Waals surface area contributed by atoms with E-state index in [-0.39, 0.29) is 11.3 Å². The largest absolute Gasteiger partial charge is 0.507 e. The number of rotatable bonds is 9. The van der Waals surface area contributed by atoms with Gasteiger partial charge in [-0.2, -0.15) is 0 Å². The number of carbonyl (C=O) groups excluding carboxylic acids is 2. The fourth-order valence-electron chi connectivity index (χ4n) is 2.86. The summed E-state index contributed by atoms with van der Waals surface area (Å²) >= 11 is 0. The average molecular weight is 336 g/mol. The van der Waals surface area contributed by atoms with Crippen molar-refractivity contribution in [1.82, 2.24) is 0 Å². The molecule has 0 bridgehead atoms. The lowest BCUT2D eigenvalue weighted by atomic mass is 9.92. The summed E-state index contributed by atoms with van der Waals surface area (Å²) in [5, 5.41) is 10.5. The van der Waals surface area contributed by atoms with E-state index in [9.17, 15) is 14.7 Å². The zero-order valence-corrected chi connectivity index (χ0v) is 15.1. The van der Waals surface area contributed by atoms with Crippen LogP contribution in [0.3, 0.4) is 0 Å². The van der Waals surface area contributed by atoms with Gasteiger partial charge in [-0.15, -0.1) is 0 Å². The molecule has 0 aromatic heterocycles. The van der Waals surface area contributed by atoms with Crippen LogP contribution in [-0.4, -0.2) is 31.3 Å². The smallest absolute Gasteiger partial charge is 0.341 e. The summed E-state index contributed by atoms with van der Waals surface area (Å²) in [5.41, 5.74) is 1.44. The van der Waals surface area contributed by atoms with Gasteiger partial charge in [0.25, 0.3) is 0 Å². The number of phenols is 1. The van der Waals surface area contributed by atoms with E-state index in [1.807, 2.05) is 6.92 Å². The van der Waals surface area contributed by atoms with Crippen molar-refractivity contribution in [2.45, 2.75) is 58.8 Å². The van der Waals surface area contributed by atoms with E-state index in [2.05, 4.69) is 6.92 Å². The predicted octanol–water partition coefficient (Wildman–Crippen LogP) is 4.04. The van der Waals surface area contributed by atoms with Crippen molar-refractivity contribution in [3.63, 3.8) is 0 Å². The first-order valence-electron chi connectivity index (χ1n) is 8.56. The van der Waals surface area contributed by atoms with E-state index in [1.165, 1.54) is 20.6 Å². The summed E-state index contributed by atoms with van der Waals surface area (Å²) in [6, 6.07) is 1.65. The van der Waals surface area contributed by atoms with E-state index < -0.39 is 11.9 Å². The molecule has 0 radical (unpaired) electrons. The molecular formula is C19H28O5. The van der Waals surface area contributed by atoms with E-state index in [1.54, 1.807) is 6.07 Å². The molecule has 0 heterocycles. The Balaban J connectivity index is 3.23. The summed E-state index contributed by atoms with van der Waals surface area (Å²) in [5.74, 6) is -1.23. The zero-order chi connectivity index (χ0) is 18.1. The average Bonchev–Trinajstić information content (AvgIpc) is 2.60. The van der Waals surface area contributed by atoms with Crippen LogP contribution in [0, 0.1) is 0 Å². The highest BCUT2D eigenvalue weighted by atomic mass is 16.5. The lowest BCUT2D eigenvalue weighted by Gasteiger charge is -2.16. The van der Waals surface area contributed by atoms with Gasteiger partial charge in [-0.3, -0.25) is 0 Å². The van der Waals surface area contributed by atoms with Crippen LogP contribution in [0.1, 0.15) is 77.8 Å². The summed E-state index contributed by atoms with van der Waals surface area (Å²) in [4.78, 5) is 24.2. The van der Waals surface area contributed by atoms with Gasteiger partial charge in [0.2, 0.25) is 0 Å². The number of phenolic OH excluding ortho intramolecular Hbond substituents is 1. The van der Waals surface area contributed by atoms with Crippen molar-refractivity contribution in [2.75, 3.05) is 14.2 Å². The molecule has 0 saturated carbocycles. The standard InChI is InChI=1S/C19H28O5/c1-5-7-8-9-10-11-13-12-15(18(21)23-3)14(6-2)16(17(13)20)19(22)24-4/h12,20H,5-11H2,1-4H3. The minimum atomic E-state index is -0.637. The Bertz CT molecular complexity index is 578. The van der Waals surface area contributed by atoms with Crippen LogP contribution < -0.4 is 0 Å². The highest BCUT2D eigenvalue weighted by Gasteiger charge is 2.25. The second kappa shape index (κ2) is 9.96. The molecule has 0 fully saturated rings. The molecule has 0 aliphatic heterocycles. The van der Waals surface area contributed by atoms with E-state index >= 15 is 0 Å². The Morgan fingerprint density at radius 2 is 1.62 bits per heavy atom. The number of hydrogen-bond donors (Lipinski definition) is 1. The van der Waals surface area contributed by atoms with Crippen LogP contribution in [0.2, 0.25) is 0 Å². The topological polar surface area (TPSA) is 72.8 Å². The molecule has 1 aromatic carbocycles. The lowest BCUT2D eigenvalue weighted by molar-refractivity contribution is 0.0594. The molecular weight excluding hydrogens is 308 g/mol. The Morgan fingerprint density at radius 3 is 2.17 bits per heavy atom. The van der Waals surface area contributed by atoms with Gasteiger partial charge in [-0.05, 0) is 36.5 Å². The van der Waals surface area contributed by atoms with Gasteiger partial charge in [-0.25, -0.2) is 9.59 Å². The van der Waals surface area contributed by atoms with Crippen molar-refractivity contribution in [2.24, 2.45) is 0 Å². The fraction of sp³-hybridized carbons (Fsp3) is 0.579. The molecule has 0 saturated heterocycles. The Kier molecular flexibility index (Phi) is 8.30. The number of ether oxygens (including phenoxy) is 2. The molecule has 0 spiro atoms. The number of methoxy groups -OCH3 is 2. The zero-order valence-electron chi connectivity index (χ0n) is 15.1. The number of aromatic hydroxyl groups is 1. The fourth-order valence-corrected chi connectivity index (χ4v) is 2.86. The minimum Gasteiger partial charge on any atom is -0.507 e. The molecule has 1 rings (SSSR count). The number of esters is 2. The van der Waals surface area contributed by atoms with E-state index in [0.717, 1.165) is 25.7 Å².